The first-order chi connectivity index (χ1) is 14.1. The number of urea groups is 1. The fourth-order valence-electron chi connectivity index (χ4n) is 4.28. The average molecular weight is 416 g/mol. The minimum atomic E-state index is -0.752. The van der Waals surface area contributed by atoms with Gasteiger partial charge in [0.05, 0.1) is 6.54 Å². The maximum atomic E-state index is 12.9. The number of amides is 4. The van der Waals surface area contributed by atoms with Crippen molar-refractivity contribution in [2.45, 2.75) is 63.8 Å². The van der Waals surface area contributed by atoms with Gasteiger partial charge in [-0.15, -0.1) is 0 Å². The van der Waals surface area contributed by atoms with E-state index in [0.717, 1.165) is 29.9 Å². The fraction of sp³-hybridized carbons (Fsp3) is 0.609. The first-order valence-electron chi connectivity index (χ1n) is 10.7. The van der Waals surface area contributed by atoms with Crippen molar-refractivity contribution in [2.24, 2.45) is 0 Å². The normalized spacial score (nSPS) is 18.8. The van der Waals surface area contributed by atoms with E-state index in [1.165, 1.54) is 10.5 Å². The third kappa shape index (κ3) is 4.45. The maximum absolute atomic E-state index is 12.9. The van der Waals surface area contributed by atoms with Gasteiger partial charge in [-0.1, -0.05) is 52.2 Å². The molecule has 0 radical (unpaired) electrons. The van der Waals surface area contributed by atoms with Crippen molar-refractivity contribution in [3.8, 4) is 5.75 Å². The number of hydrogen-bond acceptors (Lipinski definition) is 4. The van der Waals surface area contributed by atoms with Gasteiger partial charge < -0.3 is 15.0 Å². The predicted octanol–water partition coefficient (Wildman–Crippen LogP) is 3.08. The van der Waals surface area contributed by atoms with Gasteiger partial charge >= 0.3 is 6.03 Å². The molecule has 0 aromatic heterocycles. The van der Waals surface area contributed by atoms with Crippen LogP contribution in [0.3, 0.4) is 0 Å². The van der Waals surface area contributed by atoms with Crippen molar-refractivity contribution >= 4 is 17.8 Å². The first-order valence-corrected chi connectivity index (χ1v) is 10.7. The van der Waals surface area contributed by atoms with E-state index in [4.69, 9.17) is 4.74 Å². The Kier molecular flexibility index (Phi) is 6.38. The van der Waals surface area contributed by atoms with E-state index in [1.807, 2.05) is 24.3 Å². The van der Waals surface area contributed by atoms with E-state index in [9.17, 15) is 14.4 Å². The van der Waals surface area contributed by atoms with Crippen molar-refractivity contribution in [1.29, 1.82) is 0 Å². The minimum absolute atomic E-state index is 0.0845. The van der Waals surface area contributed by atoms with Crippen LogP contribution in [0.2, 0.25) is 0 Å². The molecule has 1 aliphatic heterocycles. The number of carbonyl (C=O) groups is 3. The lowest BCUT2D eigenvalue weighted by Gasteiger charge is -2.35. The van der Waals surface area contributed by atoms with Crippen molar-refractivity contribution < 1.29 is 19.1 Å². The second-order valence-corrected chi connectivity index (χ2v) is 9.30. The molecule has 1 saturated heterocycles. The Morgan fingerprint density at radius 2 is 1.73 bits per heavy atom. The molecule has 1 N–H and O–H groups in total. The second kappa shape index (κ2) is 8.66. The lowest BCUT2D eigenvalue weighted by atomic mass is 9.81. The zero-order valence-electron chi connectivity index (χ0n) is 18.5. The smallest absolute Gasteiger partial charge is 0.327 e. The zero-order chi connectivity index (χ0) is 21.9. The summed E-state index contributed by atoms with van der Waals surface area (Å²) in [5.41, 5.74) is 0.558. The molecule has 1 aromatic rings. The molecule has 3 rings (SSSR count). The zero-order valence-corrected chi connectivity index (χ0v) is 18.5. The molecule has 4 amide bonds. The van der Waals surface area contributed by atoms with Gasteiger partial charge in [-0.25, -0.2) is 4.79 Å². The summed E-state index contributed by atoms with van der Waals surface area (Å²) >= 11 is 0. The van der Waals surface area contributed by atoms with Crippen LogP contribution in [0.1, 0.15) is 58.4 Å². The summed E-state index contributed by atoms with van der Waals surface area (Å²) in [6, 6.07) is 7.53. The fourth-order valence-corrected chi connectivity index (χ4v) is 4.28. The van der Waals surface area contributed by atoms with Gasteiger partial charge in [-0.3, -0.25) is 14.5 Å². The molecule has 1 heterocycles. The van der Waals surface area contributed by atoms with Crippen LogP contribution in [0.4, 0.5) is 4.79 Å². The molecule has 1 saturated carbocycles. The number of rotatable bonds is 6. The van der Waals surface area contributed by atoms with Crippen LogP contribution in [-0.4, -0.2) is 59.9 Å². The summed E-state index contributed by atoms with van der Waals surface area (Å²) < 4.78 is 5.67. The molecule has 1 aliphatic carbocycles. The van der Waals surface area contributed by atoms with E-state index >= 15 is 0 Å². The maximum Gasteiger partial charge on any atom is 0.327 e. The van der Waals surface area contributed by atoms with Crippen molar-refractivity contribution in [2.75, 3.05) is 26.7 Å². The Balaban J connectivity index is 1.46. The number of nitrogens with one attached hydrogen (secondary N) is 1. The standard InChI is InChI=1S/C23H33N3O4/c1-22(2,3)17-8-10-18(11-9-17)30-15-14-24-19(27)16-26-20(28)23(25(4)21(26)29)12-6-5-7-13-23/h8-11H,5-7,12-16H2,1-4H3,(H,24,27). The summed E-state index contributed by atoms with van der Waals surface area (Å²) in [6.45, 7) is 6.83. The Labute approximate surface area is 178 Å². The molecule has 0 unspecified atom stereocenters. The number of imide groups is 1. The summed E-state index contributed by atoms with van der Waals surface area (Å²) in [7, 11) is 1.67. The molecule has 0 atom stereocenters. The summed E-state index contributed by atoms with van der Waals surface area (Å²) in [5.74, 6) is 0.146. The number of carbonyl (C=O) groups excluding carboxylic acids is 3. The summed E-state index contributed by atoms with van der Waals surface area (Å²) in [5, 5.41) is 2.73. The Morgan fingerprint density at radius 3 is 2.33 bits per heavy atom. The lowest BCUT2D eigenvalue weighted by Crippen LogP contribution is -2.49. The molecule has 2 aliphatic rings. The van der Waals surface area contributed by atoms with Crippen molar-refractivity contribution in [3.63, 3.8) is 0 Å². The molecule has 30 heavy (non-hydrogen) atoms. The van der Waals surface area contributed by atoms with Gasteiger partial charge in [0.15, 0.2) is 0 Å². The summed E-state index contributed by atoms with van der Waals surface area (Å²) in [4.78, 5) is 40.4. The average Bonchev–Trinajstić information content (AvgIpc) is 2.88. The largest absolute Gasteiger partial charge is 0.492 e. The van der Waals surface area contributed by atoms with Crippen LogP contribution in [0, 0.1) is 0 Å². The first kappa shape index (κ1) is 22.1. The van der Waals surface area contributed by atoms with E-state index in [0.29, 0.717) is 26.0 Å². The molecule has 7 heteroatoms. The summed E-state index contributed by atoms with van der Waals surface area (Å²) in [6.07, 6.45) is 4.29. The van der Waals surface area contributed by atoms with Crippen LogP contribution in [0.15, 0.2) is 24.3 Å². The van der Waals surface area contributed by atoms with Gasteiger partial charge in [-0.2, -0.15) is 0 Å². The van der Waals surface area contributed by atoms with Crippen LogP contribution in [0.25, 0.3) is 0 Å². The van der Waals surface area contributed by atoms with Crippen LogP contribution < -0.4 is 10.1 Å². The highest BCUT2D eigenvalue weighted by Gasteiger charge is 2.55. The van der Waals surface area contributed by atoms with Gasteiger partial charge in [0, 0.05) is 7.05 Å². The van der Waals surface area contributed by atoms with Crippen LogP contribution in [-0.2, 0) is 15.0 Å². The number of ether oxygens (including phenoxy) is 1. The topological polar surface area (TPSA) is 79.0 Å². The quantitative estimate of drug-likeness (QED) is 0.572. The third-order valence-corrected chi connectivity index (χ3v) is 6.20. The molecule has 164 valence electrons. The van der Waals surface area contributed by atoms with Gasteiger partial charge in [0.25, 0.3) is 5.91 Å². The third-order valence-electron chi connectivity index (χ3n) is 6.20. The highest BCUT2D eigenvalue weighted by atomic mass is 16.5. The van der Waals surface area contributed by atoms with E-state index < -0.39 is 5.54 Å². The predicted molar refractivity (Wildman–Crippen MR) is 114 cm³/mol. The Hall–Kier alpha value is -2.57. The number of hydrogen-bond donors (Lipinski definition) is 1. The van der Waals surface area contributed by atoms with E-state index in [2.05, 4.69) is 26.1 Å². The molecular formula is C23H33N3O4. The van der Waals surface area contributed by atoms with E-state index in [-0.39, 0.29) is 29.8 Å². The molecular weight excluding hydrogens is 382 g/mol. The SMILES string of the molecule is CN1C(=O)N(CC(=O)NCCOc2ccc(C(C)(C)C)cc2)C(=O)C12CCCCC2. The molecule has 7 nitrogen and oxygen atoms in total. The Bertz CT molecular complexity index is 792. The number of likely N-dealkylation sites (N-methyl/N-ethyl adjacent to an activating group) is 1. The molecule has 1 spiro atoms. The van der Waals surface area contributed by atoms with Gasteiger partial charge in [0.1, 0.15) is 24.4 Å². The highest BCUT2D eigenvalue weighted by molar-refractivity contribution is 6.08. The molecule has 0 bridgehead atoms. The van der Waals surface area contributed by atoms with Crippen molar-refractivity contribution in [1.82, 2.24) is 15.1 Å². The van der Waals surface area contributed by atoms with Gasteiger partial charge in [-0.05, 0) is 36.0 Å². The van der Waals surface area contributed by atoms with Crippen molar-refractivity contribution in [3.05, 3.63) is 29.8 Å². The minimum Gasteiger partial charge on any atom is -0.492 e. The monoisotopic (exact) mass is 415 g/mol. The van der Waals surface area contributed by atoms with Gasteiger partial charge in [0.2, 0.25) is 5.91 Å². The molecule has 1 aromatic carbocycles. The molecule has 2 fully saturated rings. The Morgan fingerprint density at radius 1 is 1.10 bits per heavy atom. The second-order valence-electron chi connectivity index (χ2n) is 9.30. The van der Waals surface area contributed by atoms with Crippen LogP contribution in [0.5, 0.6) is 5.75 Å². The number of benzene rings is 1. The van der Waals surface area contributed by atoms with E-state index in [1.54, 1.807) is 7.05 Å². The highest BCUT2D eigenvalue weighted by Crippen LogP contribution is 2.39. The van der Waals surface area contributed by atoms with Crippen LogP contribution >= 0.6 is 0 Å². The number of nitrogens with zero attached hydrogens (tertiary/aromatic N) is 2. The lowest BCUT2D eigenvalue weighted by molar-refractivity contribution is -0.137.